The Bertz CT molecular complexity index is 170. The van der Waals surface area contributed by atoms with Gasteiger partial charge < -0.3 is 5.32 Å². The largest absolute Gasteiger partial charge is 0.316 e. The van der Waals surface area contributed by atoms with Crippen LogP contribution in [-0.2, 0) is 0 Å². The molecule has 0 aromatic carbocycles. The lowest BCUT2D eigenvalue weighted by atomic mass is 9.79. The molecule has 0 amide bonds. The zero-order valence-corrected chi connectivity index (χ0v) is 9.43. The van der Waals surface area contributed by atoms with E-state index in [1.165, 1.54) is 5.57 Å². The van der Waals surface area contributed by atoms with Crippen molar-refractivity contribution >= 4 is 0 Å². The van der Waals surface area contributed by atoms with Crippen LogP contribution in [0.3, 0.4) is 0 Å². The highest BCUT2D eigenvalue weighted by Gasteiger charge is 2.20. The lowest BCUT2D eigenvalue weighted by molar-refractivity contribution is 0.359. The van der Waals surface area contributed by atoms with Gasteiger partial charge in [-0.1, -0.05) is 39.0 Å². The Morgan fingerprint density at radius 1 is 1.38 bits per heavy atom. The van der Waals surface area contributed by atoms with Crippen LogP contribution < -0.4 is 5.32 Å². The molecule has 0 aromatic rings. The lowest BCUT2D eigenvalue weighted by Crippen LogP contribution is -2.24. The van der Waals surface area contributed by atoms with Crippen molar-refractivity contribution in [2.24, 2.45) is 17.8 Å². The number of likely N-dealkylation sites (N-methyl/N-ethyl adjacent to an activating group) is 1. The van der Waals surface area contributed by atoms with Crippen molar-refractivity contribution in [2.45, 2.75) is 20.8 Å². The maximum atomic E-state index is 4.12. The summed E-state index contributed by atoms with van der Waals surface area (Å²) in [7, 11) is 1.96. The normalized spacial score (nSPS) is 15.5. The van der Waals surface area contributed by atoms with Crippen LogP contribution in [0.1, 0.15) is 20.8 Å². The maximum Gasteiger partial charge on any atom is 0.0162 e. The van der Waals surface area contributed by atoms with Gasteiger partial charge in [-0.2, -0.15) is 0 Å². The van der Waals surface area contributed by atoms with Crippen LogP contribution in [0.5, 0.6) is 0 Å². The Morgan fingerprint density at radius 3 is 2.23 bits per heavy atom. The Kier molecular flexibility index (Phi) is 5.72. The van der Waals surface area contributed by atoms with E-state index in [2.05, 4.69) is 39.2 Å². The third kappa shape index (κ3) is 3.77. The number of rotatable bonds is 6. The molecule has 0 fully saturated rings. The van der Waals surface area contributed by atoms with E-state index in [9.17, 15) is 0 Å². The van der Waals surface area contributed by atoms with E-state index >= 15 is 0 Å². The first-order valence-electron chi connectivity index (χ1n) is 4.99. The molecule has 0 aromatic heterocycles. The van der Waals surface area contributed by atoms with Gasteiger partial charge in [0, 0.05) is 6.54 Å². The molecule has 1 nitrogen and oxygen atoms in total. The fourth-order valence-corrected chi connectivity index (χ4v) is 1.94. The van der Waals surface area contributed by atoms with Crippen LogP contribution in [0.25, 0.3) is 0 Å². The summed E-state index contributed by atoms with van der Waals surface area (Å²) in [6, 6.07) is 0. The lowest BCUT2D eigenvalue weighted by Gasteiger charge is -2.27. The summed E-state index contributed by atoms with van der Waals surface area (Å²) in [6.07, 6.45) is 2.02. The molecule has 0 radical (unpaired) electrons. The van der Waals surface area contributed by atoms with Gasteiger partial charge in [-0.05, 0) is 24.8 Å². The maximum absolute atomic E-state index is 4.12. The van der Waals surface area contributed by atoms with Crippen LogP contribution in [-0.4, -0.2) is 13.6 Å². The predicted octanol–water partition coefficient (Wildman–Crippen LogP) is 2.86. The van der Waals surface area contributed by atoms with Crippen molar-refractivity contribution in [1.82, 2.24) is 5.32 Å². The molecular weight excluding hydrogens is 158 g/mol. The monoisotopic (exact) mass is 181 g/mol. The Hall–Kier alpha value is -0.560. The summed E-state index contributed by atoms with van der Waals surface area (Å²) in [5.74, 6) is 1.69. The van der Waals surface area contributed by atoms with E-state index in [4.69, 9.17) is 0 Å². The van der Waals surface area contributed by atoms with Crippen LogP contribution in [0.2, 0.25) is 0 Å². The average Bonchev–Trinajstić information content (AvgIpc) is 2.04. The number of nitrogens with one attached hydrogen (secondary N) is 1. The highest BCUT2D eigenvalue weighted by Crippen LogP contribution is 2.27. The van der Waals surface area contributed by atoms with Crippen LogP contribution in [0, 0.1) is 17.8 Å². The molecule has 13 heavy (non-hydrogen) atoms. The number of hydrogen-bond donors (Lipinski definition) is 1. The van der Waals surface area contributed by atoms with Gasteiger partial charge in [0.25, 0.3) is 0 Å². The van der Waals surface area contributed by atoms with E-state index in [1.54, 1.807) is 0 Å². The van der Waals surface area contributed by atoms with Crippen molar-refractivity contribution < 1.29 is 0 Å². The second-order valence-electron chi connectivity index (χ2n) is 4.05. The standard InChI is InChI=1S/C12H23N/c1-7-10(4)12(9(2)3)11(5)8-13-6/h7,9-10,12-13H,1,5,8H2,2-4,6H3. The minimum Gasteiger partial charge on any atom is -0.316 e. The summed E-state index contributed by atoms with van der Waals surface area (Å²) < 4.78 is 0. The van der Waals surface area contributed by atoms with Gasteiger partial charge in [0.1, 0.15) is 0 Å². The molecule has 2 unspecified atom stereocenters. The van der Waals surface area contributed by atoms with Crippen LogP contribution >= 0.6 is 0 Å². The fourth-order valence-electron chi connectivity index (χ4n) is 1.94. The first kappa shape index (κ1) is 12.4. The van der Waals surface area contributed by atoms with Gasteiger partial charge in [0.15, 0.2) is 0 Å². The summed E-state index contributed by atoms with van der Waals surface area (Å²) in [5, 5.41) is 3.15. The Labute approximate surface area is 82.9 Å². The molecule has 0 heterocycles. The Morgan fingerprint density at radius 2 is 1.92 bits per heavy atom. The van der Waals surface area contributed by atoms with E-state index < -0.39 is 0 Å². The quantitative estimate of drug-likeness (QED) is 0.621. The van der Waals surface area contributed by atoms with Gasteiger partial charge in [-0.15, -0.1) is 6.58 Å². The second kappa shape index (κ2) is 5.98. The molecule has 1 N–H and O–H groups in total. The molecule has 0 aliphatic carbocycles. The van der Waals surface area contributed by atoms with Gasteiger partial charge in [-0.3, -0.25) is 0 Å². The highest BCUT2D eigenvalue weighted by atomic mass is 14.8. The SMILES string of the molecule is C=CC(C)C(C(=C)CNC)C(C)C. The van der Waals surface area contributed by atoms with E-state index in [0.29, 0.717) is 17.8 Å². The topological polar surface area (TPSA) is 12.0 Å². The van der Waals surface area contributed by atoms with Crippen molar-refractivity contribution in [2.75, 3.05) is 13.6 Å². The van der Waals surface area contributed by atoms with Crippen molar-refractivity contribution in [3.63, 3.8) is 0 Å². The summed E-state index contributed by atoms with van der Waals surface area (Å²) >= 11 is 0. The molecule has 0 aliphatic heterocycles. The van der Waals surface area contributed by atoms with Crippen molar-refractivity contribution in [3.05, 3.63) is 24.8 Å². The molecule has 0 rings (SSSR count). The zero-order valence-electron chi connectivity index (χ0n) is 9.43. The van der Waals surface area contributed by atoms with Crippen LogP contribution in [0.4, 0.5) is 0 Å². The first-order valence-corrected chi connectivity index (χ1v) is 4.99. The smallest absolute Gasteiger partial charge is 0.0162 e. The van der Waals surface area contributed by atoms with Crippen LogP contribution in [0.15, 0.2) is 24.8 Å². The molecule has 0 spiro atoms. The number of hydrogen-bond acceptors (Lipinski definition) is 1. The average molecular weight is 181 g/mol. The molecule has 1 heteroatoms. The molecule has 0 saturated heterocycles. The fraction of sp³-hybridized carbons (Fsp3) is 0.667. The minimum absolute atomic E-state index is 0.515. The molecule has 0 aliphatic rings. The molecule has 2 atom stereocenters. The molecular formula is C12H23N. The third-order valence-corrected chi connectivity index (χ3v) is 2.53. The number of allylic oxidation sites excluding steroid dienone is 1. The van der Waals surface area contributed by atoms with Gasteiger partial charge in [-0.25, -0.2) is 0 Å². The highest BCUT2D eigenvalue weighted by molar-refractivity contribution is 5.08. The van der Waals surface area contributed by atoms with Crippen molar-refractivity contribution in [1.29, 1.82) is 0 Å². The predicted molar refractivity (Wildman–Crippen MR) is 60.8 cm³/mol. The van der Waals surface area contributed by atoms with Gasteiger partial charge in [0.05, 0.1) is 0 Å². The summed E-state index contributed by atoms with van der Waals surface area (Å²) in [4.78, 5) is 0. The van der Waals surface area contributed by atoms with E-state index in [-0.39, 0.29) is 0 Å². The second-order valence-corrected chi connectivity index (χ2v) is 4.05. The van der Waals surface area contributed by atoms with Gasteiger partial charge >= 0.3 is 0 Å². The molecule has 0 saturated carbocycles. The van der Waals surface area contributed by atoms with E-state index in [1.807, 2.05) is 13.1 Å². The first-order chi connectivity index (χ1) is 6.04. The zero-order chi connectivity index (χ0) is 10.4. The Balaban J connectivity index is 4.40. The molecule has 0 bridgehead atoms. The molecule has 76 valence electrons. The van der Waals surface area contributed by atoms with Crippen molar-refractivity contribution in [3.8, 4) is 0 Å². The summed E-state index contributed by atoms with van der Waals surface area (Å²) in [6.45, 7) is 15.6. The van der Waals surface area contributed by atoms with E-state index in [0.717, 1.165) is 6.54 Å². The minimum atomic E-state index is 0.515. The van der Waals surface area contributed by atoms with Gasteiger partial charge in [0.2, 0.25) is 0 Å². The third-order valence-electron chi connectivity index (χ3n) is 2.53. The summed E-state index contributed by atoms with van der Waals surface area (Å²) in [5.41, 5.74) is 1.28.